The zero-order valence-electron chi connectivity index (χ0n) is 11.2. The lowest BCUT2D eigenvalue weighted by atomic mass is 10.2. The summed E-state index contributed by atoms with van der Waals surface area (Å²) in [4.78, 5) is 3.96. The normalized spacial score (nSPS) is 10.8. The Morgan fingerprint density at radius 3 is 2.47 bits per heavy atom. The smallest absolute Gasteiger partial charge is 0.192 e. The Bertz CT molecular complexity index is 593. The van der Waals surface area contributed by atoms with Crippen molar-refractivity contribution in [3.8, 4) is 5.82 Å². The molecule has 19 heavy (non-hydrogen) atoms. The fourth-order valence-corrected chi connectivity index (χ4v) is 1.86. The third-order valence-electron chi connectivity index (χ3n) is 2.91. The summed E-state index contributed by atoms with van der Waals surface area (Å²) < 4.78 is 28.7. The van der Waals surface area contributed by atoms with Crippen LogP contribution < -0.4 is 5.32 Å². The maximum absolute atomic E-state index is 13.9. The Hall–Kier alpha value is -1.98. The van der Waals surface area contributed by atoms with E-state index in [9.17, 15) is 8.78 Å². The average molecular weight is 266 g/mol. The molecule has 2 heterocycles. The van der Waals surface area contributed by atoms with E-state index in [4.69, 9.17) is 0 Å². The molecule has 0 saturated heterocycles. The summed E-state index contributed by atoms with van der Waals surface area (Å²) in [6.07, 6.45) is 1.45. The van der Waals surface area contributed by atoms with Crippen molar-refractivity contribution in [2.45, 2.75) is 26.7 Å². The first-order chi connectivity index (χ1) is 9.10. The number of aromatic nitrogens is 3. The van der Waals surface area contributed by atoms with Crippen LogP contribution in [0.15, 0.2) is 12.1 Å². The van der Waals surface area contributed by atoms with Gasteiger partial charge in [0.25, 0.3) is 0 Å². The van der Waals surface area contributed by atoms with Crippen LogP contribution in [0.3, 0.4) is 0 Å². The predicted octanol–water partition coefficient (Wildman–Crippen LogP) is 2.71. The van der Waals surface area contributed by atoms with E-state index < -0.39 is 11.6 Å². The van der Waals surface area contributed by atoms with Gasteiger partial charge < -0.3 is 5.32 Å². The average Bonchev–Trinajstić information content (AvgIpc) is 2.82. The standard InChI is InChI=1S/C13H16F2N4/c1-4-8-6-9(5-2)19(18-8)13-11(15)7-10(14)12(16-3)17-13/h6-7H,4-5H2,1-3H3,(H,16,17). The largest absolute Gasteiger partial charge is 0.371 e. The van der Waals surface area contributed by atoms with Crippen LogP contribution in [0.5, 0.6) is 0 Å². The van der Waals surface area contributed by atoms with Gasteiger partial charge in [0.1, 0.15) is 0 Å². The lowest BCUT2D eigenvalue weighted by Crippen LogP contribution is -2.10. The predicted molar refractivity (Wildman–Crippen MR) is 69.6 cm³/mol. The molecule has 0 spiro atoms. The summed E-state index contributed by atoms with van der Waals surface area (Å²) >= 11 is 0. The molecule has 0 unspecified atom stereocenters. The van der Waals surface area contributed by atoms with Crippen LogP contribution in [0.4, 0.5) is 14.6 Å². The van der Waals surface area contributed by atoms with Gasteiger partial charge in [-0.3, -0.25) is 0 Å². The fourth-order valence-electron chi connectivity index (χ4n) is 1.86. The lowest BCUT2D eigenvalue weighted by Gasteiger charge is -2.09. The van der Waals surface area contributed by atoms with Crippen LogP contribution in [0.1, 0.15) is 25.2 Å². The van der Waals surface area contributed by atoms with Gasteiger partial charge in [-0.05, 0) is 18.9 Å². The molecule has 2 aromatic rings. The van der Waals surface area contributed by atoms with Crippen molar-refractivity contribution >= 4 is 5.82 Å². The molecule has 0 saturated carbocycles. The highest BCUT2D eigenvalue weighted by Crippen LogP contribution is 2.20. The summed E-state index contributed by atoms with van der Waals surface area (Å²) in [5.74, 6) is -1.42. The summed E-state index contributed by atoms with van der Waals surface area (Å²) in [5.41, 5.74) is 1.70. The molecule has 6 heteroatoms. The van der Waals surface area contributed by atoms with Gasteiger partial charge in [0.2, 0.25) is 0 Å². The highest BCUT2D eigenvalue weighted by molar-refractivity contribution is 5.42. The quantitative estimate of drug-likeness (QED) is 0.925. The van der Waals surface area contributed by atoms with E-state index in [1.165, 1.54) is 11.7 Å². The number of aryl methyl sites for hydroxylation is 2. The second-order valence-electron chi connectivity index (χ2n) is 4.12. The molecule has 2 rings (SSSR count). The van der Waals surface area contributed by atoms with E-state index in [0.717, 1.165) is 23.9 Å². The third kappa shape index (κ3) is 2.43. The van der Waals surface area contributed by atoms with Gasteiger partial charge in [0.05, 0.1) is 5.69 Å². The van der Waals surface area contributed by atoms with Crippen LogP contribution in [0, 0.1) is 11.6 Å². The van der Waals surface area contributed by atoms with Gasteiger partial charge >= 0.3 is 0 Å². The Kier molecular flexibility index (Phi) is 3.78. The second kappa shape index (κ2) is 5.34. The fraction of sp³-hybridized carbons (Fsp3) is 0.385. The van der Waals surface area contributed by atoms with E-state index in [2.05, 4.69) is 15.4 Å². The van der Waals surface area contributed by atoms with E-state index in [1.807, 2.05) is 19.9 Å². The molecule has 1 N–H and O–H groups in total. The Labute approximate surface area is 110 Å². The lowest BCUT2D eigenvalue weighted by molar-refractivity contribution is 0.560. The van der Waals surface area contributed by atoms with Crippen molar-refractivity contribution in [2.75, 3.05) is 12.4 Å². The van der Waals surface area contributed by atoms with Crippen LogP contribution >= 0.6 is 0 Å². The topological polar surface area (TPSA) is 42.7 Å². The monoisotopic (exact) mass is 266 g/mol. The first-order valence-corrected chi connectivity index (χ1v) is 6.22. The molecular weight excluding hydrogens is 250 g/mol. The van der Waals surface area contributed by atoms with Gasteiger partial charge in [0, 0.05) is 18.8 Å². The molecule has 0 aliphatic rings. The van der Waals surface area contributed by atoms with E-state index in [0.29, 0.717) is 6.42 Å². The van der Waals surface area contributed by atoms with Crippen molar-refractivity contribution in [1.82, 2.24) is 14.8 Å². The zero-order valence-corrected chi connectivity index (χ0v) is 11.2. The van der Waals surface area contributed by atoms with Crippen molar-refractivity contribution in [2.24, 2.45) is 0 Å². The molecule has 102 valence electrons. The van der Waals surface area contributed by atoms with Crippen molar-refractivity contribution < 1.29 is 8.78 Å². The summed E-state index contributed by atoms with van der Waals surface area (Å²) in [7, 11) is 1.54. The number of rotatable bonds is 4. The molecule has 0 aliphatic heterocycles. The van der Waals surface area contributed by atoms with Crippen molar-refractivity contribution in [3.05, 3.63) is 35.2 Å². The van der Waals surface area contributed by atoms with E-state index >= 15 is 0 Å². The summed E-state index contributed by atoms with van der Waals surface area (Å²) in [6, 6.07) is 2.73. The Morgan fingerprint density at radius 1 is 1.16 bits per heavy atom. The van der Waals surface area contributed by atoms with Gasteiger partial charge in [-0.1, -0.05) is 13.8 Å². The third-order valence-corrected chi connectivity index (χ3v) is 2.91. The number of halogens is 2. The summed E-state index contributed by atoms with van der Waals surface area (Å²) in [5, 5.41) is 6.90. The number of nitrogens with one attached hydrogen (secondary N) is 1. The molecule has 0 atom stereocenters. The van der Waals surface area contributed by atoms with Gasteiger partial charge in [0.15, 0.2) is 23.3 Å². The Morgan fingerprint density at radius 2 is 1.89 bits per heavy atom. The molecule has 0 amide bonds. The van der Waals surface area contributed by atoms with Crippen LogP contribution in [-0.4, -0.2) is 21.8 Å². The van der Waals surface area contributed by atoms with Crippen molar-refractivity contribution in [1.29, 1.82) is 0 Å². The molecule has 0 radical (unpaired) electrons. The number of hydrogen-bond acceptors (Lipinski definition) is 3. The SMILES string of the molecule is CCc1cc(CC)n(-c2nc(NC)c(F)cc2F)n1. The molecular formula is C13H16F2N4. The molecule has 2 aromatic heterocycles. The molecule has 0 aliphatic carbocycles. The molecule has 0 aromatic carbocycles. The van der Waals surface area contributed by atoms with Gasteiger partial charge in [-0.2, -0.15) is 5.10 Å². The highest BCUT2D eigenvalue weighted by Gasteiger charge is 2.16. The molecule has 0 bridgehead atoms. The summed E-state index contributed by atoms with van der Waals surface area (Å²) in [6.45, 7) is 3.92. The minimum atomic E-state index is -0.725. The minimum Gasteiger partial charge on any atom is -0.371 e. The maximum atomic E-state index is 13.9. The van der Waals surface area contributed by atoms with Crippen LogP contribution in [0.2, 0.25) is 0 Å². The maximum Gasteiger partial charge on any atom is 0.192 e. The second-order valence-corrected chi connectivity index (χ2v) is 4.12. The molecule has 4 nitrogen and oxygen atoms in total. The number of hydrogen-bond donors (Lipinski definition) is 1. The zero-order chi connectivity index (χ0) is 14.0. The number of anilines is 1. The van der Waals surface area contributed by atoms with Crippen LogP contribution in [-0.2, 0) is 12.8 Å². The van der Waals surface area contributed by atoms with E-state index in [1.54, 1.807) is 0 Å². The van der Waals surface area contributed by atoms with Gasteiger partial charge in [-0.15, -0.1) is 0 Å². The number of nitrogens with zero attached hydrogens (tertiary/aromatic N) is 3. The van der Waals surface area contributed by atoms with Gasteiger partial charge in [-0.25, -0.2) is 18.4 Å². The molecule has 0 fully saturated rings. The van der Waals surface area contributed by atoms with Crippen LogP contribution in [0.25, 0.3) is 5.82 Å². The Balaban J connectivity index is 2.60. The van der Waals surface area contributed by atoms with Crippen molar-refractivity contribution in [3.63, 3.8) is 0 Å². The number of pyridine rings is 1. The first kappa shape index (κ1) is 13.5. The first-order valence-electron chi connectivity index (χ1n) is 6.22. The highest BCUT2D eigenvalue weighted by atomic mass is 19.1. The van der Waals surface area contributed by atoms with E-state index in [-0.39, 0.29) is 11.6 Å². The minimum absolute atomic E-state index is 0.00648.